The summed E-state index contributed by atoms with van der Waals surface area (Å²) >= 11 is 0. The lowest BCUT2D eigenvalue weighted by Crippen LogP contribution is -2.35. The summed E-state index contributed by atoms with van der Waals surface area (Å²) in [7, 11) is 0. The zero-order valence-corrected chi connectivity index (χ0v) is 17.2. The van der Waals surface area contributed by atoms with E-state index in [0.29, 0.717) is 28.8 Å². The number of hydrogen-bond acceptors (Lipinski definition) is 5. The molecule has 3 aromatic carbocycles. The van der Waals surface area contributed by atoms with E-state index in [4.69, 9.17) is 4.42 Å². The molecule has 0 unspecified atom stereocenters. The van der Waals surface area contributed by atoms with Crippen LogP contribution in [0, 0.1) is 0 Å². The maximum atomic E-state index is 13.2. The van der Waals surface area contributed by atoms with Crippen molar-refractivity contribution < 1.29 is 14.3 Å². The maximum Gasteiger partial charge on any atom is 0.348 e. The third-order valence-corrected chi connectivity index (χ3v) is 5.61. The molecule has 0 atom stereocenters. The van der Waals surface area contributed by atoms with Gasteiger partial charge in [0.1, 0.15) is 16.9 Å². The van der Waals surface area contributed by atoms with Gasteiger partial charge in [0.2, 0.25) is 0 Å². The molecule has 1 aromatic heterocycles. The molecule has 0 spiro atoms. The molecule has 6 nitrogen and oxygen atoms in total. The number of rotatable bonds is 3. The number of carbonyl (C=O) groups excluding carboxylic acids is 1. The van der Waals surface area contributed by atoms with Gasteiger partial charge in [-0.25, -0.2) is 4.79 Å². The van der Waals surface area contributed by atoms with Crippen molar-refractivity contribution in [2.24, 2.45) is 4.99 Å². The van der Waals surface area contributed by atoms with Crippen LogP contribution in [0.5, 0.6) is 5.75 Å². The fourth-order valence-electron chi connectivity index (χ4n) is 4.02. The Kier molecular flexibility index (Phi) is 5.03. The Bertz CT molecular complexity index is 1420. The van der Waals surface area contributed by atoms with Crippen LogP contribution in [-0.2, 0) is 6.42 Å². The predicted molar refractivity (Wildman–Crippen MR) is 124 cm³/mol. The van der Waals surface area contributed by atoms with Gasteiger partial charge in [0.05, 0.1) is 11.1 Å². The van der Waals surface area contributed by atoms with Gasteiger partial charge in [-0.05, 0) is 54.8 Å². The van der Waals surface area contributed by atoms with E-state index in [0.717, 1.165) is 18.5 Å². The van der Waals surface area contributed by atoms with Gasteiger partial charge in [0.15, 0.2) is 0 Å². The van der Waals surface area contributed by atoms with Crippen LogP contribution in [0.4, 0.5) is 11.4 Å². The molecule has 1 aliphatic rings. The second-order valence-electron chi connectivity index (χ2n) is 7.65. The number of fused-ring (bicyclic) bond motifs is 2. The minimum Gasteiger partial charge on any atom is -0.506 e. The standard InChI is InChI=1S/C26H20N2O4/c29-24-20-11-2-4-13-23(20)32-26(31)21(24)16-27-19-10-5-8-18(15-19)25(30)28-14-6-9-17-7-1-3-12-22(17)28/h1-5,7-8,10-13,15-16,29H,6,9,14H2. The molecular formula is C26H20N2O4. The highest BCUT2D eigenvalue weighted by atomic mass is 16.4. The number of hydrogen-bond donors (Lipinski definition) is 1. The fraction of sp³-hybridized carbons (Fsp3) is 0.115. The quantitative estimate of drug-likeness (QED) is 0.377. The Balaban J connectivity index is 1.46. The number of anilines is 1. The number of aryl methyl sites for hydroxylation is 1. The summed E-state index contributed by atoms with van der Waals surface area (Å²) in [6, 6.07) is 21.6. The average Bonchev–Trinajstić information content (AvgIpc) is 2.83. The second-order valence-corrected chi connectivity index (χ2v) is 7.65. The molecule has 1 amide bonds. The van der Waals surface area contributed by atoms with Crippen molar-refractivity contribution in [2.45, 2.75) is 12.8 Å². The van der Waals surface area contributed by atoms with E-state index >= 15 is 0 Å². The van der Waals surface area contributed by atoms with Crippen molar-refractivity contribution in [3.63, 3.8) is 0 Å². The molecule has 1 aliphatic heterocycles. The van der Waals surface area contributed by atoms with E-state index in [1.807, 2.05) is 18.2 Å². The van der Waals surface area contributed by atoms with Crippen molar-refractivity contribution >= 4 is 34.5 Å². The first-order valence-corrected chi connectivity index (χ1v) is 10.4. The number of nitrogens with zero attached hydrogens (tertiary/aromatic N) is 2. The van der Waals surface area contributed by atoms with Crippen LogP contribution in [0.15, 0.2) is 87.0 Å². The lowest BCUT2D eigenvalue weighted by atomic mass is 10.0. The number of carbonyl (C=O) groups is 1. The number of aromatic hydroxyl groups is 1. The number of aliphatic imine (C=N–C) groups is 1. The Morgan fingerprint density at radius 1 is 1.03 bits per heavy atom. The van der Waals surface area contributed by atoms with Crippen LogP contribution < -0.4 is 10.5 Å². The molecule has 2 heterocycles. The summed E-state index contributed by atoms with van der Waals surface area (Å²) in [5.74, 6) is -0.278. The van der Waals surface area contributed by atoms with Gasteiger partial charge < -0.3 is 14.4 Å². The van der Waals surface area contributed by atoms with Crippen LogP contribution in [0.2, 0.25) is 0 Å². The van der Waals surface area contributed by atoms with Crippen molar-refractivity contribution in [3.8, 4) is 5.75 Å². The molecule has 5 rings (SSSR count). The molecule has 0 saturated heterocycles. The summed E-state index contributed by atoms with van der Waals surface area (Å²) < 4.78 is 5.27. The van der Waals surface area contributed by atoms with E-state index in [1.165, 1.54) is 11.8 Å². The maximum absolute atomic E-state index is 13.2. The molecule has 1 N–H and O–H groups in total. The molecule has 0 saturated carbocycles. The first kappa shape index (κ1) is 19.8. The van der Waals surface area contributed by atoms with E-state index in [1.54, 1.807) is 53.4 Å². The van der Waals surface area contributed by atoms with E-state index < -0.39 is 5.63 Å². The highest BCUT2D eigenvalue weighted by Crippen LogP contribution is 2.29. The molecule has 158 valence electrons. The highest BCUT2D eigenvalue weighted by molar-refractivity contribution is 6.07. The molecular weight excluding hydrogens is 404 g/mol. The summed E-state index contributed by atoms with van der Waals surface area (Å²) in [5.41, 5.74) is 2.70. The van der Waals surface area contributed by atoms with Crippen molar-refractivity contribution in [3.05, 3.63) is 99.9 Å². The largest absolute Gasteiger partial charge is 0.506 e. The van der Waals surface area contributed by atoms with Crippen LogP contribution >= 0.6 is 0 Å². The van der Waals surface area contributed by atoms with E-state index in [9.17, 15) is 14.7 Å². The van der Waals surface area contributed by atoms with E-state index in [-0.39, 0.29) is 17.2 Å². The lowest BCUT2D eigenvalue weighted by molar-refractivity contribution is 0.0985. The normalized spacial score (nSPS) is 13.4. The zero-order valence-electron chi connectivity index (χ0n) is 17.2. The van der Waals surface area contributed by atoms with Gasteiger partial charge in [0, 0.05) is 24.0 Å². The Morgan fingerprint density at radius 3 is 2.75 bits per heavy atom. The van der Waals surface area contributed by atoms with Gasteiger partial charge in [-0.1, -0.05) is 36.4 Å². The first-order valence-electron chi connectivity index (χ1n) is 10.4. The monoisotopic (exact) mass is 424 g/mol. The smallest absolute Gasteiger partial charge is 0.348 e. The first-order chi connectivity index (χ1) is 15.6. The Morgan fingerprint density at radius 2 is 1.84 bits per heavy atom. The second kappa shape index (κ2) is 8.15. The Hall–Kier alpha value is -4.19. The molecule has 32 heavy (non-hydrogen) atoms. The Labute approximate surface area is 184 Å². The topological polar surface area (TPSA) is 83.1 Å². The number of benzene rings is 3. The fourth-order valence-corrected chi connectivity index (χ4v) is 4.02. The van der Waals surface area contributed by atoms with Gasteiger partial charge in [-0.15, -0.1) is 0 Å². The minimum atomic E-state index is -0.679. The predicted octanol–water partition coefficient (Wildman–Crippen LogP) is 4.84. The molecule has 0 radical (unpaired) electrons. The SMILES string of the molecule is O=C(c1cccc(N=Cc2c(O)c3ccccc3oc2=O)c1)N1CCCc2ccccc21. The van der Waals surface area contributed by atoms with Crippen LogP contribution in [0.25, 0.3) is 11.0 Å². The third kappa shape index (κ3) is 3.56. The van der Waals surface area contributed by atoms with Crippen LogP contribution in [0.3, 0.4) is 0 Å². The average molecular weight is 424 g/mol. The summed E-state index contributed by atoms with van der Waals surface area (Å²) in [4.78, 5) is 31.6. The van der Waals surface area contributed by atoms with Gasteiger partial charge in [0.25, 0.3) is 5.91 Å². The summed E-state index contributed by atoms with van der Waals surface area (Å²) in [5, 5.41) is 10.9. The zero-order chi connectivity index (χ0) is 22.1. The number of para-hydroxylation sites is 2. The van der Waals surface area contributed by atoms with Gasteiger partial charge >= 0.3 is 5.63 Å². The van der Waals surface area contributed by atoms with Gasteiger partial charge in [-0.2, -0.15) is 0 Å². The van der Waals surface area contributed by atoms with E-state index in [2.05, 4.69) is 11.1 Å². The third-order valence-electron chi connectivity index (χ3n) is 5.61. The van der Waals surface area contributed by atoms with Gasteiger partial charge in [-0.3, -0.25) is 9.79 Å². The summed E-state index contributed by atoms with van der Waals surface area (Å²) in [6.45, 7) is 0.662. The summed E-state index contributed by atoms with van der Waals surface area (Å²) in [6.07, 6.45) is 3.15. The highest BCUT2D eigenvalue weighted by Gasteiger charge is 2.23. The molecule has 6 heteroatoms. The van der Waals surface area contributed by atoms with Crippen LogP contribution in [0.1, 0.15) is 27.9 Å². The number of amides is 1. The molecule has 0 aliphatic carbocycles. The molecule has 0 bridgehead atoms. The van der Waals surface area contributed by atoms with Crippen molar-refractivity contribution in [1.29, 1.82) is 0 Å². The molecule has 0 fully saturated rings. The lowest BCUT2D eigenvalue weighted by Gasteiger charge is -2.29. The minimum absolute atomic E-state index is 0.0367. The van der Waals surface area contributed by atoms with Crippen LogP contribution in [-0.4, -0.2) is 23.8 Å². The molecule has 4 aromatic rings. The van der Waals surface area contributed by atoms with Crippen molar-refractivity contribution in [2.75, 3.05) is 11.4 Å². The van der Waals surface area contributed by atoms with Crippen molar-refractivity contribution in [1.82, 2.24) is 0 Å².